The van der Waals surface area contributed by atoms with E-state index in [4.69, 9.17) is 9.84 Å². The number of piperazine rings is 1. The highest BCUT2D eigenvalue weighted by atomic mass is 16.5. The largest absolute Gasteiger partial charge is 0.490 e. The van der Waals surface area contributed by atoms with Crippen LogP contribution < -0.4 is 4.74 Å². The fourth-order valence-corrected chi connectivity index (χ4v) is 3.23. The van der Waals surface area contributed by atoms with Crippen LogP contribution in [-0.4, -0.2) is 84.2 Å². The molecule has 0 spiro atoms. The first-order chi connectivity index (χ1) is 12.0. The Hall–Kier alpha value is -2.28. The summed E-state index contributed by atoms with van der Waals surface area (Å²) in [5, 5.41) is 8.97. The Morgan fingerprint density at radius 3 is 2.12 bits per heavy atom. The Labute approximate surface area is 147 Å². The second-order valence-corrected chi connectivity index (χ2v) is 6.71. The fourth-order valence-electron chi connectivity index (χ4n) is 3.23. The van der Waals surface area contributed by atoms with Crippen LogP contribution in [0.15, 0.2) is 24.3 Å². The lowest BCUT2D eigenvalue weighted by molar-refractivity contribution is 0.0664. The Kier molecular flexibility index (Phi) is 5.43. The van der Waals surface area contributed by atoms with Crippen LogP contribution in [0.5, 0.6) is 5.75 Å². The molecule has 0 radical (unpaired) electrons. The van der Waals surface area contributed by atoms with Gasteiger partial charge in [0.05, 0.1) is 0 Å². The molecule has 2 aliphatic heterocycles. The lowest BCUT2D eigenvalue weighted by atomic mass is 10.1. The molecule has 2 heterocycles. The molecule has 1 aromatic carbocycles. The van der Waals surface area contributed by atoms with E-state index in [2.05, 4.69) is 11.9 Å². The van der Waals surface area contributed by atoms with E-state index in [-0.39, 0.29) is 12.0 Å². The molecule has 0 aliphatic carbocycles. The number of carbonyl (C=O) groups is 2. The van der Waals surface area contributed by atoms with E-state index in [0.29, 0.717) is 31.5 Å². The Morgan fingerprint density at radius 2 is 1.56 bits per heavy atom. The van der Waals surface area contributed by atoms with Crippen LogP contribution in [0.25, 0.3) is 0 Å². The number of hydrogen-bond donors (Lipinski definition) is 1. The van der Waals surface area contributed by atoms with E-state index < -0.39 is 6.09 Å². The molecule has 2 saturated heterocycles. The van der Waals surface area contributed by atoms with Gasteiger partial charge in [-0.2, -0.15) is 0 Å². The molecule has 0 atom stereocenters. The summed E-state index contributed by atoms with van der Waals surface area (Å²) >= 11 is 0. The minimum Gasteiger partial charge on any atom is -0.490 e. The van der Waals surface area contributed by atoms with Crippen molar-refractivity contribution in [2.24, 2.45) is 0 Å². The van der Waals surface area contributed by atoms with Gasteiger partial charge in [0.15, 0.2) is 0 Å². The first kappa shape index (κ1) is 17.5. The quantitative estimate of drug-likeness (QED) is 0.899. The third kappa shape index (κ3) is 4.42. The predicted molar refractivity (Wildman–Crippen MR) is 93.1 cm³/mol. The minimum absolute atomic E-state index is 0.0229. The molecule has 0 saturated carbocycles. The molecule has 25 heavy (non-hydrogen) atoms. The molecule has 0 unspecified atom stereocenters. The third-order valence-electron chi connectivity index (χ3n) is 4.91. The summed E-state index contributed by atoms with van der Waals surface area (Å²) in [6, 6.07) is 7.27. The van der Waals surface area contributed by atoms with Gasteiger partial charge in [0.25, 0.3) is 5.91 Å². The molecule has 7 heteroatoms. The van der Waals surface area contributed by atoms with Crippen molar-refractivity contribution in [2.45, 2.75) is 18.9 Å². The number of carbonyl (C=O) groups excluding carboxylic acids is 1. The van der Waals surface area contributed by atoms with Crippen LogP contribution >= 0.6 is 0 Å². The van der Waals surface area contributed by atoms with Crippen molar-refractivity contribution in [3.05, 3.63) is 29.8 Å². The van der Waals surface area contributed by atoms with E-state index >= 15 is 0 Å². The molecule has 2 aliphatic rings. The standard InChI is InChI=1S/C18H25N3O4/c1-19-10-12-20(13-11-19)17(22)14-2-4-15(5-3-14)25-16-6-8-21(9-7-16)18(23)24/h2-5,16H,6-13H2,1H3,(H,23,24). The highest BCUT2D eigenvalue weighted by Crippen LogP contribution is 2.20. The molecule has 2 amide bonds. The summed E-state index contributed by atoms with van der Waals surface area (Å²) in [5.74, 6) is 0.790. The Morgan fingerprint density at radius 1 is 0.960 bits per heavy atom. The summed E-state index contributed by atoms with van der Waals surface area (Å²) in [6.07, 6.45) is 0.530. The van der Waals surface area contributed by atoms with Crippen LogP contribution in [0.1, 0.15) is 23.2 Å². The number of ether oxygens (including phenoxy) is 1. The van der Waals surface area contributed by atoms with Crippen molar-refractivity contribution in [1.82, 2.24) is 14.7 Å². The van der Waals surface area contributed by atoms with Gasteiger partial charge in [-0.3, -0.25) is 4.79 Å². The van der Waals surface area contributed by atoms with Crippen molar-refractivity contribution in [3.63, 3.8) is 0 Å². The van der Waals surface area contributed by atoms with Crippen molar-refractivity contribution in [1.29, 1.82) is 0 Å². The van der Waals surface area contributed by atoms with Crippen LogP contribution in [-0.2, 0) is 0 Å². The minimum atomic E-state index is -0.870. The summed E-state index contributed by atoms with van der Waals surface area (Å²) < 4.78 is 5.93. The van der Waals surface area contributed by atoms with Gasteiger partial charge in [-0.15, -0.1) is 0 Å². The normalized spacial score (nSPS) is 19.7. The summed E-state index contributed by atoms with van der Waals surface area (Å²) in [5.41, 5.74) is 0.678. The Balaban J connectivity index is 1.52. The molecule has 7 nitrogen and oxygen atoms in total. The molecule has 0 bridgehead atoms. The number of nitrogens with zero attached hydrogens (tertiary/aromatic N) is 3. The number of benzene rings is 1. The van der Waals surface area contributed by atoms with Gasteiger partial charge in [-0.05, 0) is 31.3 Å². The lowest BCUT2D eigenvalue weighted by Gasteiger charge is -2.32. The van der Waals surface area contributed by atoms with Crippen molar-refractivity contribution < 1.29 is 19.4 Å². The highest BCUT2D eigenvalue weighted by molar-refractivity contribution is 5.94. The molecular weight excluding hydrogens is 322 g/mol. The van der Waals surface area contributed by atoms with E-state index in [1.807, 2.05) is 29.2 Å². The van der Waals surface area contributed by atoms with E-state index in [9.17, 15) is 9.59 Å². The lowest BCUT2D eigenvalue weighted by Crippen LogP contribution is -2.47. The second-order valence-electron chi connectivity index (χ2n) is 6.71. The maximum absolute atomic E-state index is 12.5. The maximum atomic E-state index is 12.5. The molecule has 0 aromatic heterocycles. The zero-order chi connectivity index (χ0) is 17.8. The first-order valence-corrected chi connectivity index (χ1v) is 8.75. The number of likely N-dealkylation sites (N-methyl/N-ethyl adjacent to an activating group) is 1. The SMILES string of the molecule is CN1CCN(C(=O)c2ccc(OC3CCN(C(=O)O)CC3)cc2)CC1. The average molecular weight is 347 g/mol. The van der Waals surface area contributed by atoms with Gasteiger partial charge in [-0.25, -0.2) is 4.79 Å². The topological polar surface area (TPSA) is 73.3 Å². The smallest absolute Gasteiger partial charge is 0.407 e. The number of hydrogen-bond acceptors (Lipinski definition) is 4. The van der Waals surface area contributed by atoms with Gasteiger partial charge in [-0.1, -0.05) is 0 Å². The van der Waals surface area contributed by atoms with Crippen LogP contribution in [0.3, 0.4) is 0 Å². The predicted octanol–water partition coefficient (Wildman–Crippen LogP) is 1.60. The molecular formula is C18H25N3O4. The number of piperidine rings is 1. The number of amides is 2. The molecule has 1 N–H and O–H groups in total. The summed E-state index contributed by atoms with van der Waals surface area (Å²) in [4.78, 5) is 28.9. The molecule has 136 valence electrons. The van der Waals surface area contributed by atoms with Gasteiger partial charge in [0.1, 0.15) is 11.9 Å². The van der Waals surface area contributed by atoms with E-state index in [0.717, 1.165) is 31.9 Å². The van der Waals surface area contributed by atoms with Crippen LogP contribution in [0, 0.1) is 0 Å². The van der Waals surface area contributed by atoms with Crippen molar-refractivity contribution in [2.75, 3.05) is 46.3 Å². The van der Waals surface area contributed by atoms with Gasteiger partial charge in [0.2, 0.25) is 0 Å². The van der Waals surface area contributed by atoms with E-state index in [1.165, 1.54) is 4.90 Å². The van der Waals surface area contributed by atoms with Crippen molar-refractivity contribution >= 4 is 12.0 Å². The fraction of sp³-hybridized carbons (Fsp3) is 0.556. The number of rotatable bonds is 3. The Bertz CT molecular complexity index is 603. The molecule has 2 fully saturated rings. The molecule has 1 aromatic rings. The van der Waals surface area contributed by atoms with Crippen LogP contribution in [0.2, 0.25) is 0 Å². The van der Waals surface area contributed by atoms with E-state index in [1.54, 1.807) is 0 Å². The zero-order valence-electron chi connectivity index (χ0n) is 14.6. The zero-order valence-corrected chi connectivity index (χ0v) is 14.6. The molecule has 3 rings (SSSR count). The van der Waals surface area contributed by atoms with Gasteiger partial charge in [0, 0.05) is 57.7 Å². The monoisotopic (exact) mass is 347 g/mol. The van der Waals surface area contributed by atoms with Gasteiger partial charge < -0.3 is 24.5 Å². The average Bonchev–Trinajstić information content (AvgIpc) is 2.63. The second kappa shape index (κ2) is 7.74. The van der Waals surface area contributed by atoms with Crippen LogP contribution in [0.4, 0.5) is 4.79 Å². The summed E-state index contributed by atoms with van der Waals surface area (Å²) in [7, 11) is 2.06. The first-order valence-electron chi connectivity index (χ1n) is 8.75. The van der Waals surface area contributed by atoms with Gasteiger partial charge >= 0.3 is 6.09 Å². The number of likely N-dealkylation sites (tertiary alicyclic amines) is 1. The number of carboxylic acid groups (broad SMARTS) is 1. The summed E-state index contributed by atoms with van der Waals surface area (Å²) in [6.45, 7) is 4.33. The maximum Gasteiger partial charge on any atom is 0.407 e. The highest BCUT2D eigenvalue weighted by Gasteiger charge is 2.24. The van der Waals surface area contributed by atoms with Crippen molar-refractivity contribution in [3.8, 4) is 5.75 Å². The third-order valence-corrected chi connectivity index (χ3v) is 4.91.